The highest BCUT2D eigenvalue weighted by Gasteiger charge is 2.14. The highest BCUT2D eigenvalue weighted by Crippen LogP contribution is 2.32. The first-order chi connectivity index (χ1) is 12.1. The van der Waals surface area contributed by atoms with Gasteiger partial charge in [0.2, 0.25) is 6.79 Å². The smallest absolute Gasteiger partial charge is 0.253 e. The van der Waals surface area contributed by atoms with Gasteiger partial charge in [-0.25, -0.2) is 0 Å². The molecule has 0 radical (unpaired) electrons. The Balaban J connectivity index is 1.56. The lowest BCUT2D eigenvalue weighted by molar-refractivity contribution is 0.0950. The number of carbonyl (C=O) groups is 1. The zero-order valence-electron chi connectivity index (χ0n) is 14.4. The van der Waals surface area contributed by atoms with Crippen molar-refractivity contribution in [2.75, 3.05) is 39.3 Å². The molecule has 2 N–H and O–H groups in total. The normalized spacial score (nSPS) is 12.3. The maximum atomic E-state index is 12.3. The highest BCUT2D eigenvalue weighted by molar-refractivity contribution is 5.94. The van der Waals surface area contributed by atoms with Crippen LogP contribution in [0.5, 0.6) is 11.5 Å². The molecule has 2 heterocycles. The van der Waals surface area contributed by atoms with Gasteiger partial charge in [-0.05, 0) is 37.9 Å². The molecule has 132 valence electrons. The van der Waals surface area contributed by atoms with Crippen LogP contribution in [0.3, 0.4) is 0 Å². The van der Waals surface area contributed by atoms with E-state index in [1.807, 2.05) is 32.3 Å². The quantitative estimate of drug-likeness (QED) is 0.798. The molecular weight excluding hydrogens is 320 g/mol. The largest absolute Gasteiger partial charge is 0.454 e. The van der Waals surface area contributed by atoms with Crippen LogP contribution in [0, 0.1) is 0 Å². The number of benzene rings is 1. The number of amides is 1. The third kappa shape index (κ3) is 4.60. The molecular formula is C18H22N4O3. The molecule has 0 saturated heterocycles. The number of aromatic nitrogens is 1. The van der Waals surface area contributed by atoms with E-state index in [1.165, 1.54) is 0 Å². The van der Waals surface area contributed by atoms with Crippen molar-refractivity contribution in [2.45, 2.75) is 6.54 Å². The molecule has 0 bridgehead atoms. The van der Waals surface area contributed by atoms with E-state index in [0.29, 0.717) is 17.9 Å². The second kappa shape index (κ2) is 7.85. The number of nitrogens with one attached hydrogen (secondary N) is 2. The molecule has 1 aliphatic heterocycles. The van der Waals surface area contributed by atoms with E-state index in [4.69, 9.17) is 9.47 Å². The summed E-state index contributed by atoms with van der Waals surface area (Å²) >= 11 is 0. The molecule has 0 saturated carbocycles. The average molecular weight is 342 g/mol. The van der Waals surface area contributed by atoms with E-state index in [2.05, 4.69) is 20.5 Å². The van der Waals surface area contributed by atoms with Crippen molar-refractivity contribution >= 4 is 11.6 Å². The first-order valence-corrected chi connectivity index (χ1v) is 8.12. The predicted octanol–water partition coefficient (Wildman–Crippen LogP) is 1.71. The van der Waals surface area contributed by atoms with Crippen LogP contribution in [0.1, 0.15) is 15.9 Å². The number of carbonyl (C=O) groups excluding carboxylic acids is 1. The van der Waals surface area contributed by atoms with Crippen LogP contribution in [0.4, 0.5) is 5.69 Å². The Hall–Kier alpha value is -2.80. The number of hydrogen-bond acceptors (Lipinski definition) is 6. The van der Waals surface area contributed by atoms with Crippen LogP contribution in [0.2, 0.25) is 0 Å². The van der Waals surface area contributed by atoms with Gasteiger partial charge in [0, 0.05) is 32.0 Å². The summed E-state index contributed by atoms with van der Waals surface area (Å²) in [6.45, 7) is 2.34. The van der Waals surface area contributed by atoms with Gasteiger partial charge in [0.25, 0.3) is 5.91 Å². The van der Waals surface area contributed by atoms with Crippen LogP contribution < -0.4 is 20.1 Å². The molecule has 1 aliphatic rings. The third-order valence-corrected chi connectivity index (χ3v) is 3.78. The summed E-state index contributed by atoms with van der Waals surface area (Å²) in [5.74, 6) is 1.28. The lowest BCUT2D eigenvalue weighted by Crippen LogP contribution is -2.23. The Morgan fingerprint density at radius 3 is 2.88 bits per heavy atom. The topological polar surface area (TPSA) is 75.7 Å². The van der Waals surface area contributed by atoms with Gasteiger partial charge in [-0.15, -0.1) is 0 Å². The molecule has 0 unspecified atom stereocenters. The van der Waals surface area contributed by atoms with E-state index in [0.717, 1.165) is 30.1 Å². The van der Waals surface area contributed by atoms with Gasteiger partial charge in [0.05, 0.1) is 11.3 Å². The molecule has 7 nitrogen and oxygen atoms in total. The standard InChI is InChI=1S/C18H22N4O3/c1-22(2)6-5-20-15-8-14(10-19-11-15)18(23)21-9-13-3-4-16-17(7-13)25-12-24-16/h3-4,7-8,10-11,20H,5-6,9,12H2,1-2H3,(H,21,23). The van der Waals surface area contributed by atoms with Crippen LogP contribution >= 0.6 is 0 Å². The molecule has 1 aromatic heterocycles. The summed E-state index contributed by atoms with van der Waals surface area (Å²) in [5, 5.41) is 6.16. The van der Waals surface area contributed by atoms with Crippen molar-refractivity contribution in [1.82, 2.24) is 15.2 Å². The monoisotopic (exact) mass is 342 g/mol. The van der Waals surface area contributed by atoms with Crippen molar-refractivity contribution in [3.63, 3.8) is 0 Å². The molecule has 0 aliphatic carbocycles. The Morgan fingerprint density at radius 1 is 1.20 bits per heavy atom. The first-order valence-electron chi connectivity index (χ1n) is 8.12. The zero-order chi connectivity index (χ0) is 17.6. The van der Waals surface area contributed by atoms with Gasteiger partial charge in [-0.2, -0.15) is 0 Å². The maximum Gasteiger partial charge on any atom is 0.253 e. The highest BCUT2D eigenvalue weighted by atomic mass is 16.7. The zero-order valence-corrected chi connectivity index (χ0v) is 14.4. The van der Waals surface area contributed by atoms with Crippen LogP contribution in [0.25, 0.3) is 0 Å². The number of ether oxygens (including phenoxy) is 2. The minimum atomic E-state index is -0.165. The summed E-state index contributed by atoms with van der Waals surface area (Å²) < 4.78 is 10.6. The fourth-order valence-electron chi connectivity index (χ4n) is 2.42. The lowest BCUT2D eigenvalue weighted by Gasteiger charge is -2.12. The number of fused-ring (bicyclic) bond motifs is 1. The van der Waals surface area contributed by atoms with Gasteiger partial charge in [0.15, 0.2) is 11.5 Å². The van der Waals surface area contributed by atoms with Crippen molar-refractivity contribution in [1.29, 1.82) is 0 Å². The van der Waals surface area contributed by atoms with Crippen LogP contribution in [-0.4, -0.2) is 49.8 Å². The summed E-state index contributed by atoms with van der Waals surface area (Å²) in [6.07, 6.45) is 3.27. The van der Waals surface area contributed by atoms with E-state index >= 15 is 0 Å². The average Bonchev–Trinajstić information content (AvgIpc) is 3.07. The van der Waals surface area contributed by atoms with Crippen LogP contribution in [-0.2, 0) is 6.54 Å². The number of likely N-dealkylation sites (N-methyl/N-ethyl adjacent to an activating group) is 1. The number of rotatable bonds is 7. The second-order valence-electron chi connectivity index (χ2n) is 6.06. The molecule has 1 amide bonds. The van der Waals surface area contributed by atoms with E-state index in [-0.39, 0.29) is 12.7 Å². The first kappa shape index (κ1) is 17.0. The Labute approximate surface area is 147 Å². The molecule has 2 aromatic rings. The lowest BCUT2D eigenvalue weighted by atomic mass is 10.2. The van der Waals surface area contributed by atoms with E-state index < -0.39 is 0 Å². The van der Waals surface area contributed by atoms with Crippen molar-refractivity contribution in [3.8, 4) is 11.5 Å². The third-order valence-electron chi connectivity index (χ3n) is 3.78. The Bertz CT molecular complexity index is 749. The summed E-state index contributed by atoms with van der Waals surface area (Å²) in [7, 11) is 4.03. The Morgan fingerprint density at radius 2 is 2.04 bits per heavy atom. The Kier molecular flexibility index (Phi) is 5.35. The number of pyridine rings is 1. The molecule has 25 heavy (non-hydrogen) atoms. The van der Waals surface area contributed by atoms with Gasteiger partial charge >= 0.3 is 0 Å². The number of hydrogen-bond donors (Lipinski definition) is 2. The summed E-state index contributed by atoms with van der Waals surface area (Å²) in [4.78, 5) is 18.6. The fourth-order valence-corrected chi connectivity index (χ4v) is 2.42. The predicted molar refractivity (Wildman–Crippen MR) is 95.0 cm³/mol. The summed E-state index contributed by atoms with van der Waals surface area (Å²) in [5.41, 5.74) is 2.30. The number of anilines is 1. The number of nitrogens with zero attached hydrogens (tertiary/aromatic N) is 2. The molecule has 7 heteroatoms. The summed E-state index contributed by atoms with van der Waals surface area (Å²) in [6, 6.07) is 7.43. The molecule has 0 spiro atoms. The minimum absolute atomic E-state index is 0.165. The van der Waals surface area contributed by atoms with E-state index in [1.54, 1.807) is 18.5 Å². The van der Waals surface area contributed by atoms with Crippen molar-refractivity contribution in [2.24, 2.45) is 0 Å². The molecule has 1 aromatic carbocycles. The van der Waals surface area contributed by atoms with E-state index in [9.17, 15) is 4.79 Å². The second-order valence-corrected chi connectivity index (χ2v) is 6.06. The van der Waals surface area contributed by atoms with Crippen molar-refractivity contribution in [3.05, 3.63) is 47.8 Å². The molecule has 0 atom stereocenters. The minimum Gasteiger partial charge on any atom is -0.454 e. The SMILES string of the molecule is CN(C)CCNc1cncc(C(=O)NCc2ccc3c(c2)OCO3)c1. The van der Waals surface area contributed by atoms with Gasteiger partial charge < -0.3 is 25.0 Å². The van der Waals surface area contributed by atoms with Crippen molar-refractivity contribution < 1.29 is 14.3 Å². The van der Waals surface area contributed by atoms with Gasteiger partial charge in [-0.1, -0.05) is 6.07 Å². The molecule has 3 rings (SSSR count). The van der Waals surface area contributed by atoms with Crippen LogP contribution in [0.15, 0.2) is 36.7 Å². The van der Waals surface area contributed by atoms with Gasteiger partial charge in [0.1, 0.15) is 0 Å². The molecule has 0 fully saturated rings. The maximum absolute atomic E-state index is 12.3. The van der Waals surface area contributed by atoms with Gasteiger partial charge in [-0.3, -0.25) is 9.78 Å². The fraction of sp³-hybridized carbons (Fsp3) is 0.333.